The molecule has 0 bridgehead atoms. The Balaban J connectivity index is 1.50. The number of ether oxygens (including phenoxy) is 6. The second-order valence-electron chi connectivity index (χ2n) is 10.9. The molecule has 1 unspecified atom stereocenters. The fraction of sp³-hybridized carbons (Fsp3) is 0.282. The van der Waals surface area contributed by atoms with E-state index < -0.39 is 5.41 Å². The molecule has 0 saturated heterocycles. The number of nitrogens with zero attached hydrogens (tertiary/aromatic N) is 1. The Kier molecular flexibility index (Phi) is 11.9. The fourth-order valence-corrected chi connectivity index (χ4v) is 5.87. The molecule has 0 radical (unpaired) electrons. The predicted octanol–water partition coefficient (Wildman–Crippen LogP) is 6.50. The van der Waals surface area contributed by atoms with Gasteiger partial charge in [0.25, 0.3) is 6.47 Å². The lowest BCUT2D eigenvalue weighted by Crippen LogP contribution is -2.30. The predicted molar refractivity (Wildman–Crippen MR) is 183 cm³/mol. The first-order valence-corrected chi connectivity index (χ1v) is 15.7. The molecule has 2 aliphatic carbocycles. The van der Waals surface area contributed by atoms with Crippen LogP contribution < -0.4 is 9.47 Å². The van der Waals surface area contributed by atoms with E-state index in [1.807, 2.05) is 48.6 Å². The van der Waals surface area contributed by atoms with Crippen molar-refractivity contribution in [3.8, 4) is 11.5 Å². The summed E-state index contributed by atoms with van der Waals surface area (Å²) < 4.78 is 32.7. The summed E-state index contributed by atoms with van der Waals surface area (Å²) in [7, 11) is 1.65. The third-order valence-corrected chi connectivity index (χ3v) is 8.08. The molecule has 0 amide bonds. The quantitative estimate of drug-likeness (QED) is 0.117. The lowest BCUT2D eigenvalue weighted by molar-refractivity contribution is -0.130. The highest BCUT2D eigenvalue weighted by Gasteiger charge is 2.47. The summed E-state index contributed by atoms with van der Waals surface area (Å²) in [6, 6.07) is 24.9. The summed E-state index contributed by atoms with van der Waals surface area (Å²) in [4.78, 5) is 15.7. The maximum atomic E-state index is 10.3. The Labute approximate surface area is 276 Å². The average Bonchev–Trinajstić information content (AvgIpc) is 3.35. The SMILES string of the molecule is C=C1C=CC=CC1=NC1=C(C)c2ccccc2C1(c1ccc(OCCOCCOC)cc1)c1ccc(OCCOCCOC=O)cc1. The van der Waals surface area contributed by atoms with Gasteiger partial charge in [-0.2, -0.15) is 0 Å². The lowest BCUT2D eigenvalue weighted by Gasteiger charge is -2.34. The highest BCUT2D eigenvalue weighted by Crippen LogP contribution is 2.55. The molecule has 244 valence electrons. The van der Waals surface area contributed by atoms with E-state index in [-0.39, 0.29) is 6.61 Å². The Morgan fingerprint density at radius 2 is 1.30 bits per heavy atom. The number of fused-ring (bicyclic) bond motifs is 1. The molecule has 0 saturated carbocycles. The van der Waals surface area contributed by atoms with E-state index in [2.05, 4.69) is 66.8 Å². The van der Waals surface area contributed by atoms with E-state index in [0.29, 0.717) is 52.7 Å². The highest BCUT2D eigenvalue weighted by atomic mass is 16.6. The van der Waals surface area contributed by atoms with Crippen molar-refractivity contribution in [1.29, 1.82) is 0 Å². The molecule has 0 heterocycles. The van der Waals surface area contributed by atoms with Crippen LogP contribution in [0.3, 0.4) is 0 Å². The number of allylic oxidation sites excluding steroid dienone is 7. The number of methoxy groups -OCH3 is 1. The molecule has 1 atom stereocenters. The summed E-state index contributed by atoms with van der Waals surface area (Å²) in [6.45, 7) is 10.1. The van der Waals surface area contributed by atoms with Crippen LogP contribution in [0.1, 0.15) is 29.2 Å². The normalized spacial score (nSPS) is 17.7. The van der Waals surface area contributed by atoms with E-state index >= 15 is 0 Å². The monoisotopic (exact) mass is 635 g/mol. The number of carbonyl (C=O) groups is 1. The van der Waals surface area contributed by atoms with Gasteiger partial charge in [-0.15, -0.1) is 0 Å². The van der Waals surface area contributed by atoms with Crippen LogP contribution in [0.25, 0.3) is 5.57 Å². The minimum atomic E-state index is -0.717. The molecule has 3 aromatic carbocycles. The Morgan fingerprint density at radius 3 is 1.89 bits per heavy atom. The number of carbonyl (C=O) groups excluding carboxylic acids is 1. The van der Waals surface area contributed by atoms with Gasteiger partial charge in [0, 0.05) is 7.11 Å². The molecular formula is C39H41NO7. The van der Waals surface area contributed by atoms with E-state index in [1.165, 1.54) is 0 Å². The van der Waals surface area contributed by atoms with Crippen molar-refractivity contribution in [2.45, 2.75) is 12.3 Å². The highest BCUT2D eigenvalue weighted by molar-refractivity contribution is 6.12. The lowest BCUT2D eigenvalue weighted by atomic mass is 9.69. The molecule has 0 N–H and O–H groups in total. The maximum Gasteiger partial charge on any atom is 0.293 e. The number of rotatable bonds is 18. The summed E-state index contributed by atoms with van der Waals surface area (Å²) in [5, 5.41) is 0. The van der Waals surface area contributed by atoms with Crippen molar-refractivity contribution < 1.29 is 33.2 Å². The van der Waals surface area contributed by atoms with Gasteiger partial charge in [-0.1, -0.05) is 73.3 Å². The molecular weight excluding hydrogens is 594 g/mol. The minimum Gasteiger partial charge on any atom is -0.491 e. The van der Waals surface area contributed by atoms with Crippen LogP contribution in [0.2, 0.25) is 0 Å². The van der Waals surface area contributed by atoms with Gasteiger partial charge >= 0.3 is 0 Å². The molecule has 3 aromatic rings. The van der Waals surface area contributed by atoms with Crippen LogP contribution in [0, 0.1) is 0 Å². The van der Waals surface area contributed by atoms with E-state index in [1.54, 1.807) is 7.11 Å². The Bertz CT molecular complexity index is 1640. The standard InChI is InChI=1S/C39H41NO7/c1-29-8-4-7-11-37(29)40-38-30(2)35-9-5-6-10-36(35)39(38,31-12-16-33(17-13-31)46-26-24-43-21-20-42-3)32-14-18-34(19-15-32)47-27-25-44-22-23-45-28-41/h4-19,28H,1,20-27H2,2-3H3. The number of benzene rings is 3. The number of hydrogen-bond acceptors (Lipinski definition) is 8. The Morgan fingerprint density at radius 1 is 0.723 bits per heavy atom. The summed E-state index contributed by atoms with van der Waals surface area (Å²) in [5.74, 6) is 1.48. The van der Waals surface area contributed by atoms with Crippen LogP contribution in [0.15, 0.2) is 120 Å². The smallest absolute Gasteiger partial charge is 0.293 e. The van der Waals surface area contributed by atoms with Gasteiger partial charge in [0.15, 0.2) is 0 Å². The van der Waals surface area contributed by atoms with Crippen molar-refractivity contribution in [1.82, 2.24) is 0 Å². The number of hydrogen-bond donors (Lipinski definition) is 0. The van der Waals surface area contributed by atoms with Gasteiger partial charge in [0.1, 0.15) is 31.3 Å². The van der Waals surface area contributed by atoms with Crippen LogP contribution >= 0.6 is 0 Å². The molecule has 0 spiro atoms. The molecule has 47 heavy (non-hydrogen) atoms. The average molecular weight is 636 g/mol. The van der Waals surface area contributed by atoms with Gasteiger partial charge in [-0.25, -0.2) is 0 Å². The van der Waals surface area contributed by atoms with Crippen molar-refractivity contribution in [3.05, 3.63) is 137 Å². The summed E-state index contributed by atoms with van der Waals surface area (Å²) >= 11 is 0. The number of aliphatic imine (C=N–C) groups is 1. The van der Waals surface area contributed by atoms with E-state index in [0.717, 1.165) is 56.3 Å². The third-order valence-electron chi connectivity index (χ3n) is 8.08. The Hall–Kier alpha value is -4.76. The fourth-order valence-electron chi connectivity index (χ4n) is 5.87. The zero-order chi connectivity index (χ0) is 32.9. The zero-order valence-electron chi connectivity index (χ0n) is 27.0. The summed E-state index contributed by atoms with van der Waals surface area (Å²) in [5.41, 5.74) is 7.43. The molecule has 0 aliphatic heterocycles. The van der Waals surface area contributed by atoms with E-state index in [4.69, 9.17) is 28.7 Å². The van der Waals surface area contributed by atoms with Crippen molar-refractivity contribution in [2.75, 3.05) is 60.0 Å². The molecule has 2 aliphatic rings. The molecule has 0 fully saturated rings. The van der Waals surface area contributed by atoms with Crippen molar-refractivity contribution in [2.24, 2.45) is 4.99 Å². The molecule has 8 heteroatoms. The van der Waals surface area contributed by atoms with E-state index in [9.17, 15) is 4.79 Å². The molecule has 8 nitrogen and oxygen atoms in total. The first kappa shape index (κ1) is 33.6. The largest absolute Gasteiger partial charge is 0.491 e. The molecule has 0 aromatic heterocycles. The minimum absolute atomic E-state index is 0.219. The van der Waals surface area contributed by atoms with Crippen molar-refractivity contribution in [3.63, 3.8) is 0 Å². The van der Waals surface area contributed by atoms with Gasteiger partial charge in [0.2, 0.25) is 0 Å². The first-order valence-electron chi connectivity index (χ1n) is 15.7. The molecule has 5 rings (SSSR count). The third kappa shape index (κ3) is 7.80. The van der Waals surface area contributed by atoms with Crippen molar-refractivity contribution >= 4 is 17.8 Å². The van der Waals surface area contributed by atoms with Crippen LogP contribution in [-0.2, 0) is 29.2 Å². The van der Waals surface area contributed by atoms with Crippen LogP contribution in [0.5, 0.6) is 11.5 Å². The van der Waals surface area contributed by atoms with Gasteiger partial charge in [-0.05, 0) is 70.7 Å². The topological polar surface area (TPSA) is 84.8 Å². The second-order valence-corrected chi connectivity index (χ2v) is 10.9. The van der Waals surface area contributed by atoms with Crippen LogP contribution in [-0.4, -0.2) is 72.1 Å². The summed E-state index contributed by atoms with van der Waals surface area (Å²) in [6.07, 6.45) is 7.95. The first-order chi connectivity index (χ1) is 23.1. The second kappa shape index (κ2) is 16.7. The van der Waals surface area contributed by atoms with Gasteiger partial charge in [0.05, 0.1) is 49.9 Å². The van der Waals surface area contributed by atoms with Gasteiger partial charge < -0.3 is 28.4 Å². The van der Waals surface area contributed by atoms with Gasteiger partial charge in [-0.3, -0.25) is 9.79 Å². The van der Waals surface area contributed by atoms with Crippen LogP contribution in [0.4, 0.5) is 0 Å². The zero-order valence-corrected chi connectivity index (χ0v) is 27.0. The maximum absolute atomic E-state index is 10.3.